The van der Waals surface area contributed by atoms with Crippen LogP contribution < -0.4 is 10.1 Å². The lowest BCUT2D eigenvalue weighted by Gasteiger charge is -2.04. The lowest BCUT2D eigenvalue weighted by molar-refractivity contribution is -0.111. The molecule has 0 bridgehead atoms. The molecule has 4 nitrogen and oxygen atoms in total. The highest BCUT2D eigenvalue weighted by molar-refractivity contribution is 6.02. The Labute approximate surface area is 129 Å². The minimum Gasteiger partial charge on any atom is -0.496 e. The largest absolute Gasteiger partial charge is 0.496 e. The van der Waals surface area contributed by atoms with Crippen LogP contribution in [0.3, 0.4) is 0 Å². The van der Waals surface area contributed by atoms with E-state index in [2.05, 4.69) is 11.4 Å². The molecule has 0 fully saturated rings. The SMILES string of the molecule is COc1ccccc1/C=C/C(=O)Nc1ccc(CC#N)cc1. The summed E-state index contributed by atoms with van der Waals surface area (Å²) >= 11 is 0. The Morgan fingerprint density at radius 1 is 1.23 bits per heavy atom. The second-order valence-electron chi connectivity index (χ2n) is 4.60. The molecule has 110 valence electrons. The summed E-state index contributed by atoms with van der Waals surface area (Å²) in [5.41, 5.74) is 2.45. The molecule has 0 radical (unpaired) electrons. The number of para-hydroxylation sites is 1. The van der Waals surface area contributed by atoms with Crippen LogP contribution in [0.2, 0.25) is 0 Å². The van der Waals surface area contributed by atoms with Gasteiger partial charge in [0.1, 0.15) is 5.75 Å². The summed E-state index contributed by atoms with van der Waals surface area (Å²) in [7, 11) is 1.59. The summed E-state index contributed by atoms with van der Waals surface area (Å²) in [6, 6.07) is 16.8. The van der Waals surface area contributed by atoms with Crippen molar-refractivity contribution in [1.29, 1.82) is 5.26 Å². The number of benzene rings is 2. The number of rotatable bonds is 5. The Morgan fingerprint density at radius 3 is 2.64 bits per heavy atom. The summed E-state index contributed by atoms with van der Waals surface area (Å²) in [5.74, 6) is 0.492. The van der Waals surface area contributed by atoms with Crippen molar-refractivity contribution in [3.8, 4) is 11.8 Å². The molecule has 0 aromatic heterocycles. The topological polar surface area (TPSA) is 62.1 Å². The highest BCUT2D eigenvalue weighted by Gasteiger charge is 2.01. The van der Waals surface area contributed by atoms with Crippen LogP contribution in [0.1, 0.15) is 11.1 Å². The molecule has 2 rings (SSSR count). The first-order valence-corrected chi connectivity index (χ1v) is 6.81. The number of hydrogen-bond donors (Lipinski definition) is 1. The maximum Gasteiger partial charge on any atom is 0.248 e. The van der Waals surface area contributed by atoms with Crippen LogP contribution in [-0.2, 0) is 11.2 Å². The molecular weight excluding hydrogens is 276 g/mol. The van der Waals surface area contributed by atoms with Crippen LogP contribution in [0.25, 0.3) is 6.08 Å². The van der Waals surface area contributed by atoms with Crippen molar-refractivity contribution in [2.24, 2.45) is 0 Å². The van der Waals surface area contributed by atoms with Gasteiger partial charge in [-0.1, -0.05) is 30.3 Å². The first-order valence-electron chi connectivity index (χ1n) is 6.81. The van der Waals surface area contributed by atoms with Crippen LogP contribution in [0.15, 0.2) is 54.6 Å². The maximum atomic E-state index is 11.9. The van der Waals surface area contributed by atoms with Gasteiger partial charge < -0.3 is 10.1 Å². The molecule has 0 spiro atoms. The van der Waals surface area contributed by atoms with Crippen LogP contribution in [-0.4, -0.2) is 13.0 Å². The fourth-order valence-electron chi connectivity index (χ4n) is 1.95. The minimum atomic E-state index is -0.223. The van der Waals surface area contributed by atoms with Gasteiger partial charge in [0.2, 0.25) is 5.91 Å². The van der Waals surface area contributed by atoms with Gasteiger partial charge in [-0.2, -0.15) is 5.26 Å². The van der Waals surface area contributed by atoms with Gasteiger partial charge in [-0.05, 0) is 29.8 Å². The van der Waals surface area contributed by atoms with E-state index in [0.29, 0.717) is 17.9 Å². The zero-order chi connectivity index (χ0) is 15.8. The number of nitriles is 1. The molecule has 0 aliphatic carbocycles. The predicted octanol–water partition coefficient (Wildman–Crippen LogP) is 3.41. The van der Waals surface area contributed by atoms with Gasteiger partial charge >= 0.3 is 0 Å². The molecule has 0 aliphatic heterocycles. The molecule has 0 aliphatic rings. The van der Waals surface area contributed by atoms with E-state index in [1.807, 2.05) is 36.4 Å². The van der Waals surface area contributed by atoms with E-state index >= 15 is 0 Å². The van der Waals surface area contributed by atoms with Gasteiger partial charge in [0.15, 0.2) is 0 Å². The molecule has 4 heteroatoms. The molecule has 0 saturated carbocycles. The van der Waals surface area contributed by atoms with E-state index in [4.69, 9.17) is 10.00 Å². The third kappa shape index (κ3) is 4.22. The number of anilines is 1. The number of nitrogens with zero attached hydrogens (tertiary/aromatic N) is 1. The van der Waals surface area contributed by atoms with E-state index in [0.717, 1.165) is 11.1 Å². The average Bonchev–Trinajstić information content (AvgIpc) is 2.55. The van der Waals surface area contributed by atoms with Gasteiger partial charge in [-0.3, -0.25) is 4.79 Å². The van der Waals surface area contributed by atoms with E-state index < -0.39 is 0 Å². The summed E-state index contributed by atoms with van der Waals surface area (Å²) in [6.07, 6.45) is 3.53. The number of carbonyl (C=O) groups excluding carboxylic acids is 1. The second kappa shape index (κ2) is 7.65. The van der Waals surface area contributed by atoms with Crippen molar-refractivity contribution >= 4 is 17.7 Å². The van der Waals surface area contributed by atoms with Crippen LogP contribution in [0.5, 0.6) is 5.75 Å². The molecule has 1 N–H and O–H groups in total. The minimum absolute atomic E-state index is 0.223. The van der Waals surface area contributed by atoms with Crippen LogP contribution >= 0.6 is 0 Å². The molecule has 2 aromatic rings. The zero-order valence-corrected chi connectivity index (χ0v) is 12.2. The first kappa shape index (κ1) is 15.3. The summed E-state index contributed by atoms with van der Waals surface area (Å²) in [4.78, 5) is 11.9. The van der Waals surface area contributed by atoms with E-state index in [-0.39, 0.29) is 5.91 Å². The Morgan fingerprint density at radius 2 is 1.95 bits per heavy atom. The molecule has 0 atom stereocenters. The molecule has 1 amide bonds. The smallest absolute Gasteiger partial charge is 0.248 e. The summed E-state index contributed by atoms with van der Waals surface area (Å²) < 4.78 is 5.22. The van der Waals surface area contributed by atoms with Crippen molar-refractivity contribution in [3.05, 3.63) is 65.7 Å². The normalized spacial score (nSPS) is 10.2. The third-order valence-corrected chi connectivity index (χ3v) is 3.06. The Kier molecular flexibility index (Phi) is 5.33. The molecule has 0 heterocycles. The Hall–Kier alpha value is -3.06. The summed E-state index contributed by atoms with van der Waals surface area (Å²) in [6.45, 7) is 0. The van der Waals surface area contributed by atoms with Gasteiger partial charge in [0.05, 0.1) is 19.6 Å². The zero-order valence-electron chi connectivity index (χ0n) is 12.2. The highest BCUT2D eigenvalue weighted by atomic mass is 16.5. The molecule has 0 unspecified atom stereocenters. The number of amides is 1. The van der Waals surface area contributed by atoms with Crippen LogP contribution in [0, 0.1) is 11.3 Å². The van der Waals surface area contributed by atoms with Crippen molar-refractivity contribution in [2.75, 3.05) is 12.4 Å². The first-order chi connectivity index (χ1) is 10.7. The molecule has 0 saturated heterocycles. The predicted molar refractivity (Wildman–Crippen MR) is 86.4 cm³/mol. The van der Waals surface area contributed by atoms with Gasteiger partial charge in [0.25, 0.3) is 0 Å². The van der Waals surface area contributed by atoms with Gasteiger partial charge in [-0.25, -0.2) is 0 Å². The fraction of sp³-hybridized carbons (Fsp3) is 0.111. The molecule has 22 heavy (non-hydrogen) atoms. The van der Waals surface area contributed by atoms with Gasteiger partial charge in [-0.15, -0.1) is 0 Å². The Balaban J connectivity index is 2.00. The fourth-order valence-corrected chi connectivity index (χ4v) is 1.95. The van der Waals surface area contributed by atoms with E-state index in [9.17, 15) is 4.79 Å². The summed E-state index contributed by atoms with van der Waals surface area (Å²) in [5, 5.41) is 11.4. The van der Waals surface area contributed by atoms with Crippen molar-refractivity contribution in [1.82, 2.24) is 0 Å². The van der Waals surface area contributed by atoms with Crippen LogP contribution in [0.4, 0.5) is 5.69 Å². The molecular formula is C18H16N2O2. The Bertz CT molecular complexity index is 713. The monoisotopic (exact) mass is 292 g/mol. The van der Waals surface area contributed by atoms with E-state index in [1.54, 1.807) is 25.3 Å². The van der Waals surface area contributed by atoms with Crippen molar-refractivity contribution in [3.63, 3.8) is 0 Å². The maximum absolute atomic E-state index is 11.9. The lowest BCUT2D eigenvalue weighted by atomic mass is 10.1. The van der Waals surface area contributed by atoms with Gasteiger partial charge in [0, 0.05) is 17.3 Å². The van der Waals surface area contributed by atoms with Crippen molar-refractivity contribution in [2.45, 2.75) is 6.42 Å². The number of methoxy groups -OCH3 is 1. The number of carbonyl (C=O) groups is 1. The molecule has 2 aromatic carbocycles. The standard InChI is InChI=1S/C18H16N2O2/c1-22-17-5-3-2-4-15(17)8-11-18(21)20-16-9-6-14(7-10-16)12-13-19/h2-11H,12H2,1H3,(H,20,21)/b11-8+. The van der Waals surface area contributed by atoms with E-state index in [1.165, 1.54) is 6.08 Å². The highest BCUT2D eigenvalue weighted by Crippen LogP contribution is 2.18. The van der Waals surface area contributed by atoms with Crippen molar-refractivity contribution < 1.29 is 9.53 Å². The number of hydrogen-bond acceptors (Lipinski definition) is 3. The number of ether oxygens (including phenoxy) is 1. The second-order valence-corrected chi connectivity index (χ2v) is 4.60. The quantitative estimate of drug-likeness (QED) is 0.859. The lowest BCUT2D eigenvalue weighted by Crippen LogP contribution is -2.07. The third-order valence-electron chi connectivity index (χ3n) is 3.06. The number of nitrogens with one attached hydrogen (secondary N) is 1. The average molecular weight is 292 g/mol.